The maximum atomic E-state index is 10.7. The maximum Gasteiger partial charge on any atom is 0.216 e. The van der Waals surface area contributed by atoms with Gasteiger partial charge in [-0.1, -0.05) is 11.6 Å². The largest absolute Gasteiger partial charge is 0.388 e. The van der Waals surface area contributed by atoms with E-state index >= 15 is 0 Å². The van der Waals surface area contributed by atoms with Crippen molar-refractivity contribution in [3.05, 3.63) is 28.5 Å². The second-order valence-electron chi connectivity index (χ2n) is 3.81. The Morgan fingerprint density at radius 3 is 2.76 bits per heavy atom. The van der Waals surface area contributed by atoms with Crippen LogP contribution in [0, 0.1) is 6.92 Å². The van der Waals surface area contributed by atoms with E-state index in [1.54, 1.807) is 13.0 Å². The highest BCUT2D eigenvalue weighted by molar-refractivity contribution is 6.29. The van der Waals surface area contributed by atoms with E-state index in [9.17, 15) is 15.0 Å². The molecule has 1 amide bonds. The molecule has 2 atom stereocenters. The van der Waals surface area contributed by atoms with Crippen molar-refractivity contribution < 1.29 is 15.0 Å². The highest BCUT2D eigenvalue weighted by atomic mass is 35.5. The van der Waals surface area contributed by atoms with Gasteiger partial charge < -0.3 is 15.5 Å². The molecular formula is C11H15ClN2O3. The quantitative estimate of drug-likeness (QED) is 0.690. The number of hydrogen-bond donors (Lipinski definition) is 3. The number of amides is 1. The zero-order chi connectivity index (χ0) is 13.0. The molecular weight excluding hydrogens is 244 g/mol. The molecule has 3 N–H and O–H groups in total. The Labute approximate surface area is 104 Å². The fraction of sp³-hybridized carbons (Fsp3) is 0.455. The molecule has 0 fully saturated rings. The van der Waals surface area contributed by atoms with Gasteiger partial charge in [0.05, 0.1) is 0 Å². The fourth-order valence-corrected chi connectivity index (χ4v) is 1.62. The molecule has 1 aromatic heterocycles. The van der Waals surface area contributed by atoms with Gasteiger partial charge >= 0.3 is 0 Å². The first kappa shape index (κ1) is 13.9. The van der Waals surface area contributed by atoms with E-state index in [1.165, 1.54) is 13.1 Å². The molecule has 17 heavy (non-hydrogen) atoms. The van der Waals surface area contributed by atoms with Gasteiger partial charge in [-0.05, 0) is 18.6 Å². The van der Waals surface area contributed by atoms with Crippen molar-refractivity contribution in [1.82, 2.24) is 10.3 Å². The number of carbonyl (C=O) groups is 1. The van der Waals surface area contributed by atoms with Gasteiger partial charge in [-0.3, -0.25) is 4.79 Å². The number of nitrogens with one attached hydrogen (secondary N) is 1. The topological polar surface area (TPSA) is 82.5 Å². The normalized spacial score (nSPS) is 14.2. The molecule has 0 aliphatic heterocycles. The molecule has 1 rings (SSSR count). The summed E-state index contributed by atoms with van der Waals surface area (Å²) < 4.78 is 0. The Balaban J connectivity index is 2.74. The van der Waals surface area contributed by atoms with E-state index in [4.69, 9.17) is 11.6 Å². The van der Waals surface area contributed by atoms with Crippen LogP contribution in [0.2, 0.25) is 5.15 Å². The lowest BCUT2D eigenvalue weighted by Gasteiger charge is -2.19. The Morgan fingerprint density at radius 1 is 1.59 bits per heavy atom. The van der Waals surface area contributed by atoms with Crippen LogP contribution in [0.1, 0.15) is 24.2 Å². The molecule has 1 heterocycles. The second-order valence-corrected chi connectivity index (χ2v) is 4.20. The predicted octanol–water partition coefficient (Wildman–Crippen LogP) is 0.574. The summed E-state index contributed by atoms with van der Waals surface area (Å²) in [5.41, 5.74) is 1.23. The first-order chi connectivity index (χ1) is 7.91. The predicted molar refractivity (Wildman–Crippen MR) is 63.6 cm³/mol. The van der Waals surface area contributed by atoms with Crippen molar-refractivity contribution in [1.29, 1.82) is 0 Å². The van der Waals surface area contributed by atoms with Gasteiger partial charge in [0.1, 0.15) is 17.4 Å². The van der Waals surface area contributed by atoms with E-state index in [-0.39, 0.29) is 12.5 Å². The third-order valence-electron chi connectivity index (χ3n) is 2.36. The molecule has 0 aliphatic rings. The number of aliphatic hydroxyl groups excluding tert-OH is 2. The number of rotatable bonds is 4. The maximum absolute atomic E-state index is 10.7. The van der Waals surface area contributed by atoms with E-state index in [0.717, 1.165) is 5.56 Å². The van der Waals surface area contributed by atoms with E-state index in [1.807, 2.05) is 0 Å². The van der Waals surface area contributed by atoms with E-state index in [0.29, 0.717) is 10.7 Å². The molecule has 5 nitrogen and oxygen atoms in total. The lowest BCUT2D eigenvalue weighted by Crippen LogP contribution is -2.34. The summed E-state index contributed by atoms with van der Waals surface area (Å²) in [5.74, 6) is -0.262. The molecule has 0 bridgehead atoms. The van der Waals surface area contributed by atoms with Crippen LogP contribution in [-0.4, -0.2) is 33.8 Å². The van der Waals surface area contributed by atoms with Gasteiger partial charge in [0.25, 0.3) is 0 Å². The second kappa shape index (κ2) is 5.95. The van der Waals surface area contributed by atoms with E-state index < -0.39 is 12.2 Å². The number of hydrogen-bond acceptors (Lipinski definition) is 4. The van der Waals surface area contributed by atoms with Crippen LogP contribution in [-0.2, 0) is 4.79 Å². The summed E-state index contributed by atoms with van der Waals surface area (Å²) >= 11 is 5.69. The number of aromatic nitrogens is 1. The molecule has 0 saturated heterocycles. The zero-order valence-corrected chi connectivity index (χ0v) is 10.4. The first-order valence-electron chi connectivity index (χ1n) is 5.14. The van der Waals surface area contributed by atoms with Crippen LogP contribution < -0.4 is 5.32 Å². The summed E-state index contributed by atoms with van der Waals surface area (Å²) in [6.45, 7) is 3.09. The Bertz CT molecular complexity index is 412. The SMILES string of the molecule is CC(=O)NCC(O)C(O)c1cnc(Cl)cc1C. The van der Waals surface area contributed by atoms with Gasteiger partial charge in [0.15, 0.2) is 0 Å². The summed E-state index contributed by atoms with van der Waals surface area (Å²) in [6, 6.07) is 1.60. The summed E-state index contributed by atoms with van der Waals surface area (Å²) in [7, 11) is 0. The third-order valence-corrected chi connectivity index (χ3v) is 2.57. The lowest BCUT2D eigenvalue weighted by molar-refractivity contribution is -0.119. The van der Waals surface area contributed by atoms with Crippen molar-refractivity contribution >= 4 is 17.5 Å². The fourth-order valence-electron chi connectivity index (χ4n) is 1.41. The highest BCUT2D eigenvalue weighted by Gasteiger charge is 2.20. The monoisotopic (exact) mass is 258 g/mol. The molecule has 0 radical (unpaired) electrons. The van der Waals surface area contributed by atoms with Gasteiger partial charge in [0, 0.05) is 25.2 Å². The van der Waals surface area contributed by atoms with Crippen LogP contribution in [0.5, 0.6) is 0 Å². The van der Waals surface area contributed by atoms with Crippen molar-refractivity contribution in [3.8, 4) is 0 Å². The number of aliphatic hydroxyl groups is 2. The number of halogens is 1. The van der Waals surface area contributed by atoms with Crippen LogP contribution in [0.3, 0.4) is 0 Å². The minimum atomic E-state index is -1.10. The molecule has 0 saturated carbocycles. The third kappa shape index (κ3) is 3.96. The van der Waals surface area contributed by atoms with Gasteiger partial charge in [-0.25, -0.2) is 4.98 Å². The number of nitrogens with zero attached hydrogens (tertiary/aromatic N) is 1. The molecule has 94 valence electrons. The summed E-state index contributed by atoms with van der Waals surface area (Å²) in [5, 5.41) is 22.3. The highest BCUT2D eigenvalue weighted by Crippen LogP contribution is 2.21. The smallest absolute Gasteiger partial charge is 0.216 e. The minimum absolute atomic E-state index is 0.0153. The standard InChI is InChI=1S/C11H15ClN2O3/c1-6-3-10(12)14-4-8(6)11(17)9(16)5-13-7(2)15/h3-4,9,11,16-17H,5H2,1-2H3,(H,13,15). The van der Waals surface area contributed by atoms with Crippen LogP contribution in [0.15, 0.2) is 12.3 Å². The Morgan fingerprint density at radius 2 is 2.24 bits per heavy atom. The molecule has 1 aromatic rings. The lowest BCUT2D eigenvalue weighted by atomic mass is 10.0. The Kier molecular flexibility index (Phi) is 4.86. The van der Waals surface area contributed by atoms with Crippen LogP contribution in [0.25, 0.3) is 0 Å². The molecule has 6 heteroatoms. The van der Waals surface area contributed by atoms with Crippen molar-refractivity contribution in [2.24, 2.45) is 0 Å². The van der Waals surface area contributed by atoms with E-state index in [2.05, 4.69) is 10.3 Å². The van der Waals surface area contributed by atoms with Crippen LogP contribution in [0.4, 0.5) is 0 Å². The average Bonchev–Trinajstić information content (AvgIpc) is 2.25. The number of carbonyl (C=O) groups excluding carboxylic acids is 1. The molecule has 2 unspecified atom stereocenters. The summed E-state index contributed by atoms with van der Waals surface area (Å²) in [6.07, 6.45) is -0.772. The van der Waals surface area contributed by atoms with Crippen LogP contribution >= 0.6 is 11.6 Å². The van der Waals surface area contributed by atoms with Crippen molar-refractivity contribution in [2.75, 3.05) is 6.54 Å². The number of pyridine rings is 1. The van der Waals surface area contributed by atoms with Gasteiger partial charge in [-0.2, -0.15) is 0 Å². The van der Waals surface area contributed by atoms with Gasteiger partial charge in [0.2, 0.25) is 5.91 Å². The Hall–Kier alpha value is -1.17. The van der Waals surface area contributed by atoms with Crippen molar-refractivity contribution in [2.45, 2.75) is 26.1 Å². The summed E-state index contributed by atoms with van der Waals surface area (Å²) in [4.78, 5) is 14.5. The average molecular weight is 259 g/mol. The minimum Gasteiger partial charge on any atom is -0.388 e. The molecule has 0 aromatic carbocycles. The zero-order valence-electron chi connectivity index (χ0n) is 9.64. The molecule has 0 spiro atoms. The van der Waals surface area contributed by atoms with Crippen molar-refractivity contribution in [3.63, 3.8) is 0 Å². The first-order valence-corrected chi connectivity index (χ1v) is 5.52. The molecule has 0 aliphatic carbocycles. The number of aryl methyl sites for hydroxylation is 1. The van der Waals surface area contributed by atoms with Gasteiger partial charge in [-0.15, -0.1) is 0 Å².